The molecular formula is C22H25N3O3. The van der Waals surface area contributed by atoms with E-state index >= 15 is 0 Å². The highest BCUT2D eigenvalue weighted by molar-refractivity contribution is 5.85. The van der Waals surface area contributed by atoms with Crippen LogP contribution in [0.4, 0.5) is 4.79 Å². The van der Waals surface area contributed by atoms with Crippen LogP contribution < -0.4 is 10.6 Å². The SMILES string of the molecule is CC[C@@H](C[C@H](NC(=O)OCc1ccccc1)C(=O)NCC#N)c1ccccc1. The maximum Gasteiger partial charge on any atom is 0.408 e. The summed E-state index contributed by atoms with van der Waals surface area (Å²) in [5.41, 5.74) is 1.96. The lowest BCUT2D eigenvalue weighted by molar-refractivity contribution is -0.123. The van der Waals surface area contributed by atoms with Crippen molar-refractivity contribution in [2.45, 2.75) is 38.3 Å². The van der Waals surface area contributed by atoms with Crippen molar-refractivity contribution >= 4 is 12.0 Å². The zero-order chi connectivity index (χ0) is 20.2. The molecule has 0 aliphatic rings. The second kappa shape index (κ2) is 11.4. The van der Waals surface area contributed by atoms with Gasteiger partial charge in [-0.15, -0.1) is 0 Å². The molecule has 28 heavy (non-hydrogen) atoms. The largest absolute Gasteiger partial charge is 0.445 e. The molecule has 0 saturated carbocycles. The molecule has 2 N–H and O–H groups in total. The first-order valence-electron chi connectivity index (χ1n) is 9.30. The number of nitriles is 1. The quantitative estimate of drug-likeness (QED) is 0.652. The molecule has 0 fully saturated rings. The third-order valence-corrected chi connectivity index (χ3v) is 4.45. The zero-order valence-electron chi connectivity index (χ0n) is 15.9. The van der Waals surface area contributed by atoms with E-state index < -0.39 is 18.0 Å². The number of ether oxygens (including phenoxy) is 1. The maximum absolute atomic E-state index is 12.5. The third-order valence-electron chi connectivity index (χ3n) is 4.45. The second-order valence-corrected chi connectivity index (χ2v) is 6.39. The van der Waals surface area contributed by atoms with Gasteiger partial charge in [0, 0.05) is 0 Å². The summed E-state index contributed by atoms with van der Waals surface area (Å²) in [6, 6.07) is 20.2. The number of hydrogen-bond acceptors (Lipinski definition) is 4. The van der Waals surface area contributed by atoms with Gasteiger partial charge in [0.25, 0.3) is 0 Å². The van der Waals surface area contributed by atoms with Crippen molar-refractivity contribution in [2.24, 2.45) is 0 Å². The van der Waals surface area contributed by atoms with Gasteiger partial charge < -0.3 is 15.4 Å². The number of carbonyl (C=O) groups is 2. The molecule has 2 aromatic rings. The monoisotopic (exact) mass is 379 g/mol. The van der Waals surface area contributed by atoms with E-state index in [0.717, 1.165) is 17.5 Å². The van der Waals surface area contributed by atoms with Crippen molar-refractivity contribution in [2.75, 3.05) is 6.54 Å². The van der Waals surface area contributed by atoms with Gasteiger partial charge in [0.2, 0.25) is 5.91 Å². The molecule has 0 saturated heterocycles. The van der Waals surface area contributed by atoms with E-state index in [-0.39, 0.29) is 19.1 Å². The standard InChI is InChI=1S/C22H25N3O3/c1-2-18(19-11-7-4-8-12-19)15-20(21(26)24-14-13-23)25-22(27)28-16-17-9-5-3-6-10-17/h3-12,18,20H,2,14-16H2,1H3,(H,24,26)(H,25,27)/t18-,20-/m0/s1. The molecule has 0 unspecified atom stereocenters. The molecule has 6 nitrogen and oxygen atoms in total. The average Bonchev–Trinajstić information content (AvgIpc) is 2.74. The molecule has 0 aliphatic heterocycles. The number of hydrogen-bond donors (Lipinski definition) is 2. The maximum atomic E-state index is 12.5. The molecule has 2 amide bonds. The van der Waals surface area contributed by atoms with Crippen LogP contribution in [0.25, 0.3) is 0 Å². The van der Waals surface area contributed by atoms with E-state index in [1.54, 1.807) is 0 Å². The Bertz CT molecular complexity index is 788. The summed E-state index contributed by atoms with van der Waals surface area (Å²) >= 11 is 0. The van der Waals surface area contributed by atoms with E-state index in [1.165, 1.54) is 0 Å². The van der Waals surface area contributed by atoms with E-state index in [4.69, 9.17) is 10.00 Å². The van der Waals surface area contributed by atoms with Gasteiger partial charge in [-0.25, -0.2) is 4.79 Å². The van der Waals surface area contributed by atoms with Crippen LogP contribution in [0.2, 0.25) is 0 Å². The van der Waals surface area contributed by atoms with E-state index in [1.807, 2.05) is 73.7 Å². The number of carbonyl (C=O) groups excluding carboxylic acids is 2. The lowest BCUT2D eigenvalue weighted by Crippen LogP contribution is -2.47. The molecular weight excluding hydrogens is 354 g/mol. The zero-order valence-corrected chi connectivity index (χ0v) is 15.9. The van der Waals surface area contributed by atoms with Crippen LogP contribution in [0.1, 0.15) is 36.8 Å². The Morgan fingerprint density at radius 1 is 1.07 bits per heavy atom. The topological polar surface area (TPSA) is 91.2 Å². The second-order valence-electron chi connectivity index (χ2n) is 6.39. The fourth-order valence-electron chi connectivity index (χ4n) is 2.94. The van der Waals surface area contributed by atoms with Gasteiger partial charge in [0.15, 0.2) is 0 Å². The lowest BCUT2D eigenvalue weighted by atomic mass is 9.89. The highest BCUT2D eigenvalue weighted by Gasteiger charge is 2.25. The minimum Gasteiger partial charge on any atom is -0.445 e. The summed E-state index contributed by atoms with van der Waals surface area (Å²) in [5.74, 6) is -0.305. The smallest absolute Gasteiger partial charge is 0.408 e. The van der Waals surface area contributed by atoms with Crippen molar-refractivity contribution in [1.29, 1.82) is 5.26 Å². The number of benzene rings is 2. The van der Waals surface area contributed by atoms with E-state index in [2.05, 4.69) is 10.6 Å². The highest BCUT2D eigenvalue weighted by atomic mass is 16.5. The van der Waals surface area contributed by atoms with Gasteiger partial charge in [-0.1, -0.05) is 67.6 Å². The van der Waals surface area contributed by atoms with Gasteiger partial charge in [0.05, 0.1) is 6.07 Å². The summed E-state index contributed by atoms with van der Waals surface area (Å²) in [5, 5.41) is 13.9. The van der Waals surface area contributed by atoms with Crippen LogP contribution >= 0.6 is 0 Å². The van der Waals surface area contributed by atoms with Crippen molar-refractivity contribution in [3.8, 4) is 6.07 Å². The molecule has 0 bridgehead atoms. The molecule has 2 atom stereocenters. The summed E-state index contributed by atoms with van der Waals surface area (Å²) in [6.45, 7) is 2.04. The van der Waals surface area contributed by atoms with Crippen LogP contribution in [0, 0.1) is 11.3 Å². The minimum absolute atomic E-state index is 0.0912. The van der Waals surface area contributed by atoms with Gasteiger partial charge >= 0.3 is 6.09 Å². The molecule has 6 heteroatoms. The normalized spacial score (nSPS) is 12.3. The Kier molecular flexibility index (Phi) is 8.54. The number of nitrogens with one attached hydrogen (secondary N) is 2. The Morgan fingerprint density at radius 3 is 2.32 bits per heavy atom. The van der Waals surface area contributed by atoms with E-state index in [9.17, 15) is 9.59 Å². The molecule has 0 radical (unpaired) electrons. The van der Waals surface area contributed by atoms with Crippen molar-refractivity contribution in [1.82, 2.24) is 10.6 Å². The molecule has 0 heterocycles. The number of rotatable bonds is 9. The summed E-state index contributed by atoms with van der Waals surface area (Å²) in [7, 11) is 0. The fourth-order valence-corrected chi connectivity index (χ4v) is 2.94. The summed E-state index contributed by atoms with van der Waals surface area (Å²) < 4.78 is 5.24. The van der Waals surface area contributed by atoms with Gasteiger partial charge in [0.1, 0.15) is 19.2 Å². The van der Waals surface area contributed by atoms with Crippen LogP contribution in [0.15, 0.2) is 60.7 Å². The summed E-state index contributed by atoms with van der Waals surface area (Å²) in [6.07, 6.45) is 0.564. The molecule has 2 rings (SSSR count). The number of alkyl carbamates (subject to hydrolysis) is 1. The molecule has 0 aliphatic carbocycles. The number of amides is 2. The number of nitrogens with zero attached hydrogens (tertiary/aromatic N) is 1. The lowest BCUT2D eigenvalue weighted by Gasteiger charge is -2.23. The highest BCUT2D eigenvalue weighted by Crippen LogP contribution is 2.24. The van der Waals surface area contributed by atoms with Crippen molar-refractivity contribution in [3.63, 3.8) is 0 Å². The first-order chi connectivity index (χ1) is 13.6. The molecule has 0 spiro atoms. The Balaban J connectivity index is 2.02. The van der Waals surface area contributed by atoms with Crippen molar-refractivity contribution < 1.29 is 14.3 Å². The molecule has 2 aromatic carbocycles. The Hall–Kier alpha value is -3.33. The molecule has 0 aromatic heterocycles. The molecule has 146 valence electrons. The first kappa shape index (κ1) is 21.0. The summed E-state index contributed by atoms with van der Waals surface area (Å²) in [4.78, 5) is 24.7. The fraction of sp³-hybridized carbons (Fsp3) is 0.318. The van der Waals surface area contributed by atoms with Crippen LogP contribution in [-0.4, -0.2) is 24.6 Å². The van der Waals surface area contributed by atoms with Gasteiger partial charge in [-0.3, -0.25) is 4.79 Å². The van der Waals surface area contributed by atoms with E-state index in [0.29, 0.717) is 6.42 Å². The van der Waals surface area contributed by atoms with Gasteiger partial charge in [-0.2, -0.15) is 5.26 Å². The van der Waals surface area contributed by atoms with Crippen LogP contribution in [0.5, 0.6) is 0 Å². The Morgan fingerprint density at radius 2 is 1.71 bits per heavy atom. The third kappa shape index (κ3) is 6.76. The predicted molar refractivity (Wildman–Crippen MR) is 106 cm³/mol. The van der Waals surface area contributed by atoms with Crippen LogP contribution in [-0.2, 0) is 16.1 Å². The average molecular weight is 379 g/mol. The predicted octanol–water partition coefficient (Wildman–Crippen LogP) is 3.51. The van der Waals surface area contributed by atoms with Crippen LogP contribution in [0.3, 0.4) is 0 Å². The van der Waals surface area contributed by atoms with Gasteiger partial charge in [-0.05, 0) is 29.9 Å². The Labute approximate surface area is 165 Å². The van der Waals surface area contributed by atoms with Crippen molar-refractivity contribution in [3.05, 3.63) is 71.8 Å². The minimum atomic E-state index is -0.790. The first-order valence-corrected chi connectivity index (χ1v) is 9.30.